The monoisotopic (exact) mass is 281 g/mol. The molecular weight excluding hydrogens is 254 g/mol. The number of carbonyl (C=O) groups is 1. The smallest absolute Gasteiger partial charge is 0.234 e. The van der Waals surface area contributed by atoms with Gasteiger partial charge in [0.15, 0.2) is 0 Å². The molecule has 1 aliphatic heterocycles. The second-order valence-corrected chi connectivity index (χ2v) is 6.78. The molecule has 2 N–H and O–H groups in total. The largest absolute Gasteiger partial charge is 0.390 e. The van der Waals surface area contributed by atoms with Crippen LogP contribution in [-0.4, -0.2) is 71.7 Å². The van der Waals surface area contributed by atoms with Gasteiger partial charge in [0.05, 0.1) is 12.6 Å². The van der Waals surface area contributed by atoms with Crippen LogP contribution in [-0.2, 0) is 4.79 Å². The number of piperazine rings is 1. The lowest BCUT2D eigenvalue weighted by molar-refractivity contribution is -0.129. The molecule has 1 heterocycles. The lowest BCUT2D eigenvalue weighted by atomic mass is 9.87. The molecule has 3 rings (SSSR count). The highest BCUT2D eigenvalue weighted by molar-refractivity contribution is 5.79. The molecule has 0 aromatic rings. The first-order chi connectivity index (χ1) is 9.63. The second kappa shape index (κ2) is 6.00. The molecule has 0 radical (unpaired) electrons. The number of nitrogens with one attached hydrogen (secondary N) is 1. The zero-order valence-electron chi connectivity index (χ0n) is 12.4. The van der Waals surface area contributed by atoms with Gasteiger partial charge in [0.1, 0.15) is 0 Å². The van der Waals surface area contributed by atoms with Gasteiger partial charge in [-0.15, -0.1) is 0 Å². The van der Waals surface area contributed by atoms with Crippen LogP contribution in [0.5, 0.6) is 0 Å². The maximum Gasteiger partial charge on any atom is 0.234 e. The van der Waals surface area contributed by atoms with Crippen LogP contribution in [0.1, 0.15) is 38.5 Å². The van der Waals surface area contributed by atoms with Gasteiger partial charge < -0.3 is 15.3 Å². The third-order valence-corrected chi connectivity index (χ3v) is 5.01. The van der Waals surface area contributed by atoms with E-state index in [2.05, 4.69) is 22.2 Å². The molecule has 0 spiro atoms. The first-order valence-corrected chi connectivity index (χ1v) is 8.05. The van der Waals surface area contributed by atoms with E-state index < -0.39 is 0 Å². The molecule has 3 unspecified atom stereocenters. The molecule has 3 aliphatic rings. The topological polar surface area (TPSA) is 55.8 Å². The van der Waals surface area contributed by atoms with E-state index in [4.69, 9.17) is 0 Å². The second-order valence-electron chi connectivity index (χ2n) is 6.78. The molecule has 2 aliphatic carbocycles. The van der Waals surface area contributed by atoms with Crippen LogP contribution in [0, 0.1) is 0 Å². The number of hydrogen-bond acceptors (Lipinski definition) is 4. The van der Waals surface area contributed by atoms with Crippen molar-refractivity contribution in [1.82, 2.24) is 15.1 Å². The van der Waals surface area contributed by atoms with Crippen LogP contribution >= 0.6 is 0 Å². The number of carbonyl (C=O) groups excluding carboxylic acids is 1. The number of β-amino-alcohol motifs (C(OH)–C–C–N with tert-alkyl or cyclic N) is 1. The Balaban J connectivity index is 1.54. The summed E-state index contributed by atoms with van der Waals surface area (Å²) in [5, 5.41) is 13.4. The minimum absolute atomic E-state index is 0.121. The SMILES string of the molecule is CN(CC(O)CN1CC(=O)NC2CCCCC21)C1CC1. The average molecular weight is 281 g/mol. The van der Waals surface area contributed by atoms with Crippen LogP contribution in [0.4, 0.5) is 0 Å². The fourth-order valence-electron chi connectivity index (χ4n) is 3.80. The fraction of sp³-hybridized carbons (Fsp3) is 0.933. The van der Waals surface area contributed by atoms with Crippen LogP contribution in [0.3, 0.4) is 0 Å². The van der Waals surface area contributed by atoms with Gasteiger partial charge in [-0.25, -0.2) is 0 Å². The fourth-order valence-corrected chi connectivity index (χ4v) is 3.80. The molecule has 20 heavy (non-hydrogen) atoms. The summed E-state index contributed by atoms with van der Waals surface area (Å²) in [5.41, 5.74) is 0. The van der Waals surface area contributed by atoms with Gasteiger partial charge in [-0.1, -0.05) is 12.8 Å². The average Bonchev–Trinajstić information content (AvgIpc) is 3.22. The Hall–Kier alpha value is -0.650. The minimum Gasteiger partial charge on any atom is -0.390 e. The van der Waals surface area contributed by atoms with Crippen molar-refractivity contribution in [1.29, 1.82) is 0 Å². The Morgan fingerprint density at radius 3 is 2.85 bits per heavy atom. The molecule has 3 atom stereocenters. The Bertz CT molecular complexity index is 359. The Morgan fingerprint density at radius 2 is 2.10 bits per heavy atom. The molecule has 3 fully saturated rings. The Morgan fingerprint density at radius 1 is 1.35 bits per heavy atom. The number of aliphatic hydroxyl groups excluding tert-OH is 1. The molecule has 2 saturated carbocycles. The van der Waals surface area contributed by atoms with Gasteiger partial charge in [-0.05, 0) is 32.7 Å². The minimum atomic E-state index is -0.353. The zero-order chi connectivity index (χ0) is 14.1. The van der Waals surface area contributed by atoms with Crippen molar-refractivity contribution in [3.05, 3.63) is 0 Å². The third-order valence-electron chi connectivity index (χ3n) is 5.01. The Kier molecular flexibility index (Phi) is 4.29. The molecule has 0 aromatic heterocycles. The van der Waals surface area contributed by atoms with Crippen molar-refractivity contribution in [2.24, 2.45) is 0 Å². The van der Waals surface area contributed by atoms with Crippen LogP contribution in [0.15, 0.2) is 0 Å². The maximum atomic E-state index is 11.8. The van der Waals surface area contributed by atoms with Crippen molar-refractivity contribution in [2.45, 2.75) is 62.8 Å². The van der Waals surface area contributed by atoms with E-state index >= 15 is 0 Å². The van der Waals surface area contributed by atoms with Crippen LogP contribution in [0.2, 0.25) is 0 Å². The Labute approximate surface area is 121 Å². The molecular formula is C15H27N3O2. The molecule has 5 nitrogen and oxygen atoms in total. The predicted octanol–water partition coefficient (Wildman–Crippen LogP) is 0.185. The first kappa shape index (κ1) is 14.3. The molecule has 1 amide bonds. The summed E-state index contributed by atoms with van der Waals surface area (Å²) in [6.07, 6.45) is 6.86. The van der Waals surface area contributed by atoms with Crippen LogP contribution in [0.25, 0.3) is 0 Å². The summed E-state index contributed by atoms with van der Waals surface area (Å²) in [6, 6.07) is 1.41. The van der Waals surface area contributed by atoms with Gasteiger partial charge >= 0.3 is 0 Å². The summed E-state index contributed by atoms with van der Waals surface area (Å²) in [7, 11) is 2.09. The van der Waals surface area contributed by atoms with Gasteiger partial charge in [0, 0.05) is 31.2 Å². The van der Waals surface area contributed by atoms with Gasteiger partial charge in [0.2, 0.25) is 5.91 Å². The molecule has 0 aromatic carbocycles. The van der Waals surface area contributed by atoms with Crippen molar-refractivity contribution < 1.29 is 9.90 Å². The molecule has 114 valence electrons. The number of nitrogens with zero attached hydrogens (tertiary/aromatic N) is 2. The van der Waals surface area contributed by atoms with E-state index in [1.165, 1.54) is 25.7 Å². The maximum absolute atomic E-state index is 11.8. The number of rotatable bonds is 5. The van der Waals surface area contributed by atoms with Gasteiger partial charge in [0.25, 0.3) is 0 Å². The predicted molar refractivity (Wildman–Crippen MR) is 77.4 cm³/mol. The quantitative estimate of drug-likeness (QED) is 0.755. The van der Waals surface area contributed by atoms with E-state index in [0.717, 1.165) is 19.4 Å². The number of fused-ring (bicyclic) bond motifs is 1. The first-order valence-electron chi connectivity index (χ1n) is 8.05. The highest BCUT2D eigenvalue weighted by atomic mass is 16.3. The standard InChI is InChI=1S/C15H27N3O2/c1-17(11-6-7-11)8-12(19)9-18-10-15(20)16-13-4-2-3-5-14(13)18/h11-14,19H,2-10H2,1H3,(H,16,20). The van der Waals surface area contributed by atoms with Crippen molar-refractivity contribution in [3.63, 3.8) is 0 Å². The van der Waals surface area contributed by atoms with Crippen molar-refractivity contribution in [3.8, 4) is 0 Å². The van der Waals surface area contributed by atoms with Crippen molar-refractivity contribution >= 4 is 5.91 Å². The number of hydrogen-bond donors (Lipinski definition) is 2. The lowest BCUT2D eigenvalue weighted by Crippen LogP contribution is -2.62. The lowest BCUT2D eigenvalue weighted by Gasteiger charge is -2.44. The summed E-state index contributed by atoms with van der Waals surface area (Å²) in [6.45, 7) is 1.80. The normalized spacial score (nSPS) is 32.9. The number of likely N-dealkylation sites (N-methyl/N-ethyl adjacent to an activating group) is 1. The number of aliphatic hydroxyl groups is 1. The molecule has 1 saturated heterocycles. The number of amides is 1. The van der Waals surface area contributed by atoms with Gasteiger partial charge in [-0.2, -0.15) is 0 Å². The highest BCUT2D eigenvalue weighted by Crippen LogP contribution is 2.27. The van der Waals surface area contributed by atoms with E-state index in [9.17, 15) is 9.90 Å². The van der Waals surface area contributed by atoms with E-state index in [1.807, 2.05) is 0 Å². The molecule has 5 heteroatoms. The summed E-state index contributed by atoms with van der Waals surface area (Å²) < 4.78 is 0. The summed E-state index contributed by atoms with van der Waals surface area (Å²) in [4.78, 5) is 16.3. The van der Waals surface area contributed by atoms with E-state index in [0.29, 0.717) is 31.2 Å². The van der Waals surface area contributed by atoms with Gasteiger partial charge in [-0.3, -0.25) is 9.69 Å². The summed E-state index contributed by atoms with van der Waals surface area (Å²) in [5.74, 6) is 0.121. The molecule has 0 bridgehead atoms. The highest BCUT2D eigenvalue weighted by Gasteiger charge is 2.37. The van der Waals surface area contributed by atoms with E-state index in [1.54, 1.807) is 0 Å². The third kappa shape index (κ3) is 3.32. The van der Waals surface area contributed by atoms with E-state index in [-0.39, 0.29) is 12.0 Å². The summed E-state index contributed by atoms with van der Waals surface area (Å²) >= 11 is 0. The van der Waals surface area contributed by atoms with Crippen molar-refractivity contribution in [2.75, 3.05) is 26.7 Å². The zero-order valence-corrected chi connectivity index (χ0v) is 12.4. The van der Waals surface area contributed by atoms with Crippen LogP contribution < -0.4 is 5.32 Å².